The van der Waals surface area contributed by atoms with Crippen LogP contribution in [0.4, 0.5) is 0 Å². The molecular weight excluding hydrogens is 156 g/mol. The summed E-state index contributed by atoms with van der Waals surface area (Å²) in [6.45, 7) is 2.26. The fourth-order valence-corrected chi connectivity index (χ4v) is 2.66. The molecule has 0 nitrogen and oxygen atoms in total. The van der Waals surface area contributed by atoms with Gasteiger partial charge in [-0.15, -0.1) is 0 Å². The van der Waals surface area contributed by atoms with Gasteiger partial charge in [0, 0.05) is 5.92 Å². The molecule has 3 aliphatic carbocycles. The monoisotopic (exact) mass is 170 g/mol. The van der Waals surface area contributed by atoms with Gasteiger partial charge >= 0.3 is 0 Å². The Bertz CT molecular complexity index is 375. The quantitative estimate of drug-likeness (QED) is 0.564. The van der Waals surface area contributed by atoms with Gasteiger partial charge in [0.05, 0.1) is 0 Å². The summed E-state index contributed by atoms with van der Waals surface area (Å²) < 4.78 is 0. The van der Waals surface area contributed by atoms with Crippen molar-refractivity contribution in [2.75, 3.05) is 0 Å². The standard InChI is InChI=1S/C13H14/c1-9-8-13(10-4-2-3-5-10)12-7-6-11(9)12/h2-4,8,13H,5-7H2,1H3. The third-order valence-electron chi connectivity index (χ3n) is 3.50. The van der Waals surface area contributed by atoms with E-state index in [4.69, 9.17) is 0 Å². The zero-order valence-electron chi connectivity index (χ0n) is 8.01. The van der Waals surface area contributed by atoms with E-state index < -0.39 is 0 Å². The highest BCUT2D eigenvalue weighted by atomic mass is 14.4. The first-order chi connectivity index (χ1) is 6.36. The molecule has 1 unspecified atom stereocenters. The average Bonchev–Trinajstić information content (AvgIpc) is 2.57. The molecule has 0 N–H and O–H groups in total. The summed E-state index contributed by atoms with van der Waals surface area (Å²) in [5.74, 6) is 0.679. The fraction of sp³-hybridized carbons (Fsp3) is 0.385. The first-order valence-electron chi connectivity index (χ1n) is 5.12. The Kier molecular flexibility index (Phi) is 1.40. The van der Waals surface area contributed by atoms with Crippen molar-refractivity contribution in [3.63, 3.8) is 0 Å². The normalized spacial score (nSPS) is 30.1. The minimum atomic E-state index is 0.679. The summed E-state index contributed by atoms with van der Waals surface area (Å²) in [6.07, 6.45) is 13.0. The number of hydrogen-bond donors (Lipinski definition) is 0. The van der Waals surface area contributed by atoms with Crippen molar-refractivity contribution in [3.05, 3.63) is 46.6 Å². The summed E-state index contributed by atoms with van der Waals surface area (Å²) >= 11 is 0. The van der Waals surface area contributed by atoms with E-state index in [-0.39, 0.29) is 0 Å². The second-order valence-corrected chi connectivity index (χ2v) is 4.21. The predicted molar refractivity (Wildman–Crippen MR) is 55.3 cm³/mol. The SMILES string of the molecule is CC1=CC(C2=CC=CC2)C2=C1CC2. The maximum absolute atomic E-state index is 2.45. The van der Waals surface area contributed by atoms with E-state index >= 15 is 0 Å². The first kappa shape index (κ1) is 7.37. The van der Waals surface area contributed by atoms with Crippen LogP contribution in [0.5, 0.6) is 0 Å². The Morgan fingerprint density at radius 1 is 1.31 bits per heavy atom. The molecule has 0 aromatic heterocycles. The van der Waals surface area contributed by atoms with Crippen LogP contribution in [0, 0.1) is 5.92 Å². The summed E-state index contributed by atoms with van der Waals surface area (Å²) in [5, 5.41) is 0. The lowest BCUT2D eigenvalue weighted by Crippen LogP contribution is -2.08. The van der Waals surface area contributed by atoms with Gasteiger partial charge in [-0.25, -0.2) is 0 Å². The van der Waals surface area contributed by atoms with Gasteiger partial charge in [0.25, 0.3) is 0 Å². The molecule has 0 heterocycles. The zero-order valence-corrected chi connectivity index (χ0v) is 8.01. The third kappa shape index (κ3) is 0.918. The van der Waals surface area contributed by atoms with Crippen LogP contribution in [-0.4, -0.2) is 0 Å². The lowest BCUT2D eigenvalue weighted by molar-refractivity contribution is 0.726. The van der Waals surface area contributed by atoms with E-state index in [0.717, 1.165) is 0 Å². The molecule has 0 spiro atoms. The molecule has 1 atom stereocenters. The zero-order chi connectivity index (χ0) is 8.84. The van der Waals surface area contributed by atoms with Crippen LogP contribution in [0.2, 0.25) is 0 Å². The van der Waals surface area contributed by atoms with Crippen molar-refractivity contribution in [1.82, 2.24) is 0 Å². The Hall–Kier alpha value is -1.04. The molecule has 3 rings (SSSR count). The predicted octanol–water partition coefficient (Wildman–Crippen LogP) is 3.54. The molecule has 0 aliphatic heterocycles. The van der Waals surface area contributed by atoms with E-state index in [0.29, 0.717) is 5.92 Å². The Morgan fingerprint density at radius 2 is 2.23 bits per heavy atom. The van der Waals surface area contributed by atoms with Crippen molar-refractivity contribution in [2.45, 2.75) is 26.2 Å². The van der Waals surface area contributed by atoms with Gasteiger partial charge in [0.15, 0.2) is 0 Å². The van der Waals surface area contributed by atoms with Crippen LogP contribution in [0.25, 0.3) is 0 Å². The van der Waals surface area contributed by atoms with Gasteiger partial charge in [-0.3, -0.25) is 0 Å². The average molecular weight is 170 g/mol. The Morgan fingerprint density at radius 3 is 2.77 bits per heavy atom. The highest BCUT2D eigenvalue weighted by Gasteiger charge is 2.31. The highest BCUT2D eigenvalue weighted by molar-refractivity contribution is 5.54. The number of hydrogen-bond acceptors (Lipinski definition) is 0. The Labute approximate surface area is 79.3 Å². The van der Waals surface area contributed by atoms with Crippen LogP contribution in [0.15, 0.2) is 46.6 Å². The molecular formula is C13H14. The largest absolute Gasteiger partial charge is 0.0804 e. The van der Waals surface area contributed by atoms with Crippen LogP contribution in [0.3, 0.4) is 0 Å². The van der Waals surface area contributed by atoms with Gasteiger partial charge in [0.2, 0.25) is 0 Å². The number of rotatable bonds is 1. The summed E-state index contributed by atoms with van der Waals surface area (Å²) in [5.41, 5.74) is 6.52. The van der Waals surface area contributed by atoms with Gasteiger partial charge in [-0.2, -0.15) is 0 Å². The van der Waals surface area contributed by atoms with E-state index in [1.54, 1.807) is 22.3 Å². The molecule has 0 saturated heterocycles. The first-order valence-corrected chi connectivity index (χ1v) is 5.12. The lowest BCUT2D eigenvalue weighted by atomic mass is 9.81. The fourth-order valence-electron chi connectivity index (χ4n) is 2.66. The van der Waals surface area contributed by atoms with Crippen molar-refractivity contribution in [1.29, 1.82) is 0 Å². The van der Waals surface area contributed by atoms with Crippen molar-refractivity contribution in [2.24, 2.45) is 5.92 Å². The van der Waals surface area contributed by atoms with E-state index in [2.05, 4.69) is 31.2 Å². The highest BCUT2D eigenvalue weighted by Crippen LogP contribution is 2.47. The minimum absolute atomic E-state index is 0.679. The molecule has 0 bridgehead atoms. The van der Waals surface area contributed by atoms with Crippen LogP contribution < -0.4 is 0 Å². The molecule has 0 saturated carbocycles. The maximum Gasteiger partial charge on any atom is 0.0205 e. The minimum Gasteiger partial charge on any atom is -0.0804 e. The summed E-state index contributed by atoms with van der Waals surface area (Å²) in [6, 6.07) is 0. The van der Waals surface area contributed by atoms with E-state index in [1.807, 2.05) is 0 Å². The molecule has 13 heavy (non-hydrogen) atoms. The third-order valence-corrected chi connectivity index (χ3v) is 3.50. The maximum atomic E-state index is 2.45. The van der Waals surface area contributed by atoms with Gasteiger partial charge in [-0.1, -0.05) is 41.0 Å². The molecule has 0 aromatic rings. The van der Waals surface area contributed by atoms with Crippen molar-refractivity contribution >= 4 is 0 Å². The van der Waals surface area contributed by atoms with Crippen molar-refractivity contribution < 1.29 is 0 Å². The van der Waals surface area contributed by atoms with Gasteiger partial charge < -0.3 is 0 Å². The van der Waals surface area contributed by atoms with E-state index in [9.17, 15) is 0 Å². The topological polar surface area (TPSA) is 0 Å². The molecule has 0 amide bonds. The van der Waals surface area contributed by atoms with Crippen LogP contribution in [-0.2, 0) is 0 Å². The van der Waals surface area contributed by atoms with Crippen LogP contribution in [0.1, 0.15) is 26.2 Å². The number of allylic oxidation sites excluding steroid dienone is 8. The summed E-state index contributed by atoms with van der Waals surface area (Å²) in [4.78, 5) is 0. The van der Waals surface area contributed by atoms with Gasteiger partial charge in [0.1, 0.15) is 0 Å². The molecule has 0 heteroatoms. The van der Waals surface area contributed by atoms with Crippen LogP contribution >= 0.6 is 0 Å². The van der Waals surface area contributed by atoms with Gasteiger partial charge in [-0.05, 0) is 31.8 Å². The van der Waals surface area contributed by atoms with E-state index in [1.165, 1.54) is 19.3 Å². The molecule has 66 valence electrons. The molecule has 0 radical (unpaired) electrons. The molecule has 0 fully saturated rings. The summed E-state index contributed by atoms with van der Waals surface area (Å²) in [7, 11) is 0. The smallest absolute Gasteiger partial charge is 0.0205 e. The molecule has 3 aliphatic rings. The molecule has 0 aromatic carbocycles. The second-order valence-electron chi connectivity index (χ2n) is 4.21. The second kappa shape index (κ2) is 2.47. The Balaban J connectivity index is 1.95. The van der Waals surface area contributed by atoms with Crippen molar-refractivity contribution in [3.8, 4) is 0 Å². The lowest BCUT2D eigenvalue weighted by Gasteiger charge is -2.24.